The molecule has 0 amide bonds. The van der Waals surface area contributed by atoms with Crippen molar-refractivity contribution >= 4 is 17.3 Å². The molecule has 1 aromatic rings. The predicted molar refractivity (Wildman–Crippen MR) is 76.7 cm³/mol. The first-order valence-corrected chi connectivity index (χ1v) is 6.94. The molecule has 1 unspecified atom stereocenters. The molecule has 1 heterocycles. The van der Waals surface area contributed by atoms with E-state index in [1.54, 1.807) is 0 Å². The van der Waals surface area contributed by atoms with Crippen LogP contribution in [0.3, 0.4) is 0 Å². The second-order valence-electron chi connectivity index (χ2n) is 5.14. The van der Waals surface area contributed by atoms with E-state index in [9.17, 15) is 20.0 Å². The number of anilines is 1. The molecule has 1 aromatic carbocycles. The Morgan fingerprint density at radius 1 is 1.38 bits per heavy atom. The SMILES string of the molecule is O=C(O)c1ccc(N2CCCCCC2CO)c([N+](=O)[O-])c1. The van der Waals surface area contributed by atoms with Crippen molar-refractivity contribution in [2.45, 2.75) is 31.7 Å². The molecule has 1 fully saturated rings. The highest BCUT2D eigenvalue weighted by molar-refractivity contribution is 5.89. The van der Waals surface area contributed by atoms with E-state index >= 15 is 0 Å². The van der Waals surface area contributed by atoms with E-state index in [2.05, 4.69) is 0 Å². The van der Waals surface area contributed by atoms with Gasteiger partial charge in [0.1, 0.15) is 5.69 Å². The normalized spacial score (nSPS) is 19.1. The number of nitrogens with zero attached hydrogens (tertiary/aromatic N) is 2. The van der Waals surface area contributed by atoms with Gasteiger partial charge in [0, 0.05) is 12.6 Å². The van der Waals surface area contributed by atoms with Gasteiger partial charge in [-0.1, -0.05) is 12.8 Å². The van der Waals surface area contributed by atoms with Crippen LogP contribution in [-0.4, -0.2) is 40.3 Å². The Balaban J connectivity index is 2.45. The van der Waals surface area contributed by atoms with Gasteiger partial charge in [0.25, 0.3) is 5.69 Å². The first-order valence-electron chi connectivity index (χ1n) is 6.94. The van der Waals surface area contributed by atoms with Gasteiger partial charge in [-0.15, -0.1) is 0 Å². The summed E-state index contributed by atoms with van der Waals surface area (Å²) in [5.74, 6) is -1.20. The largest absolute Gasteiger partial charge is 0.478 e. The van der Waals surface area contributed by atoms with E-state index in [1.807, 2.05) is 4.90 Å². The smallest absolute Gasteiger partial charge is 0.335 e. The molecule has 0 radical (unpaired) electrons. The average Bonchev–Trinajstić information content (AvgIpc) is 2.71. The van der Waals surface area contributed by atoms with Gasteiger partial charge in [-0.2, -0.15) is 0 Å². The fraction of sp³-hybridized carbons (Fsp3) is 0.500. The van der Waals surface area contributed by atoms with Crippen molar-refractivity contribution < 1.29 is 19.9 Å². The molecule has 1 atom stereocenters. The lowest BCUT2D eigenvalue weighted by molar-refractivity contribution is -0.384. The third kappa shape index (κ3) is 3.30. The van der Waals surface area contributed by atoms with Crippen LogP contribution in [0.5, 0.6) is 0 Å². The van der Waals surface area contributed by atoms with Crippen molar-refractivity contribution in [3.05, 3.63) is 33.9 Å². The van der Waals surface area contributed by atoms with Gasteiger partial charge in [-0.05, 0) is 25.0 Å². The van der Waals surface area contributed by atoms with E-state index in [0.717, 1.165) is 31.7 Å². The summed E-state index contributed by atoms with van der Waals surface area (Å²) in [6.07, 6.45) is 3.67. The van der Waals surface area contributed by atoms with Gasteiger partial charge >= 0.3 is 5.97 Å². The Kier molecular flexibility index (Phi) is 4.74. The van der Waals surface area contributed by atoms with Crippen LogP contribution in [0.25, 0.3) is 0 Å². The lowest BCUT2D eigenvalue weighted by Crippen LogP contribution is -2.38. The first-order chi connectivity index (χ1) is 10.0. The molecule has 0 aromatic heterocycles. The number of aliphatic hydroxyl groups is 1. The number of carboxylic acid groups (broad SMARTS) is 1. The van der Waals surface area contributed by atoms with E-state index in [4.69, 9.17) is 5.11 Å². The van der Waals surface area contributed by atoms with Crippen LogP contribution in [0.15, 0.2) is 18.2 Å². The Bertz CT molecular complexity index is 546. The fourth-order valence-electron chi connectivity index (χ4n) is 2.73. The summed E-state index contributed by atoms with van der Waals surface area (Å²) >= 11 is 0. The van der Waals surface area contributed by atoms with Crippen molar-refractivity contribution in [3.8, 4) is 0 Å². The summed E-state index contributed by atoms with van der Waals surface area (Å²) in [7, 11) is 0. The molecule has 0 spiro atoms. The molecule has 7 nitrogen and oxygen atoms in total. The predicted octanol–water partition coefficient (Wildman–Crippen LogP) is 2.03. The third-order valence-corrected chi connectivity index (χ3v) is 3.82. The van der Waals surface area contributed by atoms with Gasteiger partial charge in [0.15, 0.2) is 0 Å². The summed E-state index contributed by atoms with van der Waals surface area (Å²) in [6.45, 7) is 0.552. The van der Waals surface area contributed by atoms with Crippen LogP contribution >= 0.6 is 0 Å². The first kappa shape index (κ1) is 15.2. The number of benzene rings is 1. The zero-order valence-electron chi connectivity index (χ0n) is 11.6. The molecule has 2 N–H and O–H groups in total. The molecular weight excluding hydrogens is 276 g/mol. The zero-order chi connectivity index (χ0) is 15.4. The topological polar surface area (TPSA) is 104 Å². The quantitative estimate of drug-likeness (QED) is 0.650. The number of carboxylic acids is 1. The maximum atomic E-state index is 11.2. The van der Waals surface area contributed by atoms with E-state index in [-0.39, 0.29) is 23.9 Å². The number of nitro groups is 1. The molecule has 1 aliphatic heterocycles. The average molecular weight is 294 g/mol. The van der Waals surface area contributed by atoms with Crippen molar-refractivity contribution in [1.82, 2.24) is 0 Å². The Morgan fingerprint density at radius 2 is 2.14 bits per heavy atom. The maximum absolute atomic E-state index is 11.2. The highest BCUT2D eigenvalue weighted by Gasteiger charge is 2.27. The number of rotatable bonds is 4. The number of hydrogen-bond acceptors (Lipinski definition) is 5. The minimum atomic E-state index is -1.20. The van der Waals surface area contributed by atoms with Crippen LogP contribution in [0.2, 0.25) is 0 Å². The van der Waals surface area contributed by atoms with Crippen LogP contribution in [-0.2, 0) is 0 Å². The third-order valence-electron chi connectivity index (χ3n) is 3.82. The van der Waals surface area contributed by atoms with Gasteiger partial charge in [0.2, 0.25) is 0 Å². The molecule has 21 heavy (non-hydrogen) atoms. The Morgan fingerprint density at radius 3 is 2.76 bits per heavy atom. The molecule has 2 rings (SSSR count). The van der Waals surface area contributed by atoms with Crippen LogP contribution in [0.1, 0.15) is 36.0 Å². The molecule has 7 heteroatoms. The second-order valence-corrected chi connectivity index (χ2v) is 5.14. The fourth-order valence-corrected chi connectivity index (χ4v) is 2.73. The standard InChI is InChI=1S/C14H18N2O5/c17-9-11-4-2-1-3-7-15(11)12-6-5-10(14(18)19)8-13(12)16(20)21/h5-6,8,11,17H,1-4,7,9H2,(H,18,19). The summed E-state index contributed by atoms with van der Waals surface area (Å²) in [6, 6.07) is 3.75. The highest BCUT2D eigenvalue weighted by atomic mass is 16.6. The summed E-state index contributed by atoms with van der Waals surface area (Å²) in [4.78, 5) is 23.5. The van der Waals surface area contributed by atoms with Crippen LogP contribution < -0.4 is 4.90 Å². The van der Waals surface area contributed by atoms with Crippen molar-refractivity contribution in [1.29, 1.82) is 0 Å². The van der Waals surface area contributed by atoms with Crippen molar-refractivity contribution in [2.24, 2.45) is 0 Å². The Hall–Kier alpha value is -2.15. The number of hydrogen-bond donors (Lipinski definition) is 2. The van der Waals surface area contributed by atoms with Gasteiger partial charge < -0.3 is 15.1 Å². The Labute approximate surface area is 122 Å². The molecule has 1 aliphatic rings. The molecule has 114 valence electrons. The monoisotopic (exact) mass is 294 g/mol. The number of nitro benzene ring substituents is 1. The zero-order valence-corrected chi connectivity index (χ0v) is 11.6. The van der Waals surface area contributed by atoms with E-state index in [0.29, 0.717) is 12.2 Å². The lowest BCUT2D eigenvalue weighted by Gasteiger charge is -2.30. The van der Waals surface area contributed by atoms with E-state index in [1.165, 1.54) is 12.1 Å². The van der Waals surface area contributed by atoms with Crippen molar-refractivity contribution in [2.75, 3.05) is 18.1 Å². The second kappa shape index (κ2) is 6.53. The summed E-state index contributed by atoms with van der Waals surface area (Å²) < 4.78 is 0. The van der Waals surface area contributed by atoms with Gasteiger partial charge in [0.05, 0.1) is 23.1 Å². The maximum Gasteiger partial charge on any atom is 0.335 e. The van der Waals surface area contributed by atoms with E-state index < -0.39 is 10.9 Å². The van der Waals surface area contributed by atoms with Crippen LogP contribution in [0, 0.1) is 10.1 Å². The minimum Gasteiger partial charge on any atom is -0.478 e. The number of aliphatic hydroxyl groups excluding tert-OH is 1. The molecule has 0 bridgehead atoms. The number of aromatic carboxylic acids is 1. The lowest BCUT2D eigenvalue weighted by atomic mass is 10.1. The van der Waals surface area contributed by atoms with Gasteiger partial charge in [-0.25, -0.2) is 4.79 Å². The molecule has 1 saturated heterocycles. The van der Waals surface area contributed by atoms with Crippen molar-refractivity contribution in [3.63, 3.8) is 0 Å². The summed E-state index contributed by atoms with van der Waals surface area (Å²) in [5.41, 5.74) is 0.0435. The van der Waals surface area contributed by atoms with Gasteiger partial charge in [-0.3, -0.25) is 10.1 Å². The number of carbonyl (C=O) groups is 1. The molecular formula is C14H18N2O5. The highest BCUT2D eigenvalue weighted by Crippen LogP contribution is 2.33. The van der Waals surface area contributed by atoms with Crippen LogP contribution in [0.4, 0.5) is 11.4 Å². The summed E-state index contributed by atoms with van der Waals surface area (Å²) in [5, 5.41) is 29.7. The molecule has 0 aliphatic carbocycles. The minimum absolute atomic E-state index is 0.0716. The molecule has 0 saturated carbocycles.